The molecule has 28 heavy (non-hydrogen) atoms. The Balaban J connectivity index is 1.71. The van der Waals surface area contributed by atoms with E-state index in [1.807, 2.05) is 24.3 Å². The Bertz CT molecular complexity index is 870. The molecule has 0 atom stereocenters. The lowest BCUT2D eigenvalue weighted by atomic mass is 9.86. The van der Waals surface area contributed by atoms with Gasteiger partial charge in [-0.15, -0.1) is 5.10 Å². The molecular weight excluding hydrogens is 380 g/mol. The van der Waals surface area contributed by atoms with Gasteiger partial charge in [-0.3, -0.25) is 0 Å². The summed E-state index contributed by atoms with van der Waals surface area (Å²) in [6, 6.07) is 7.86. The molecule has 2 aromatic rings. The van der Waals surface area contributed by atoms with Crippen LogP contribution >= 0.6 is 11.6 Å². The van der Waals surface area contributed by atoms with Crippen molar-refractivity contribution in [2.24, 2.45) is 16.6 Å². The second-order valence-electron chi connectivity index (χ2n) is 6.70. The van der Waals surface area contributed by atoms with Crippen LogP contribution in [0.5, 0.6) is 0 Å². The van der Waals surface area contributed by atoms with Crippen LogP contribution in [0.15, 0.2) is 52.9 Å². The molecule has 1 aromatic heterocycles. The maximum absolute atomic E-state index is 6.30. The van der Waals surface area contributed by atoms with Crippen LogP contribution < -0.4 is 11.1 Å². The van der Waals surface area contributed by atoms with Gasteiger partial charge in [-0.25, -0.2) is 14.8 Å². The lowest BCUT2D eigenvalue weighted by Gasteiger charge is -2.29. The fourth-order valence-electron chi connectivity index (χ4n) is 3.34. The Morgan fingerprint density at radius 3 is 2.86 bits per heavy atom. The van der Waals surface area contributed by atoms with Crippen molar-refractivity contribution in [1.82, 2.24) is 20.3 Å². The number of halogens is 1. The molecule has 0 saturated heterocycles. The average molecular weight is 405 g/mol. The largest absolute Gasteiger partial charge is 0.403 e. The molecule has 1 aromatic carbocycles. The van der Waals surface area contributed by atoms with E-state index in [4.69, 9.17) is 22.2 Å². The van der Waals surface area contributed by atoms with Gasteiger partial charge in [-0.1, -0.05) is 35.5 Å². The molecule has 3 rings (SSSR count). The van der Waals surface area contributed by atoms with Gasteiger partial charge in [0.2, 0.25) is 0 Å². The van der Waals surface area contributed by atoms with Crippen LogP contribution in [0, 0.1) is 5.92 Å². The van der Waals surface area contributed by atoms with Gasteiger partial charge in [0.05, 0.1) is 19.2 Å². The molecule has 0 amide bonds. The fourth-order valence-corrected chi connectivity index (χ4v) is 3.46. The van der Waals surface area contributed by atoms with Crippen LogP contribution in [0.1, 0.15) is 25.7 Å². The first-order valence-electron chi connectivity index (χ1n) is 9.20. The van der Waals surface area contributed by atoms with Crippen LogP contribution in [0.2, 0.25) is 0 Å². The molecular formula is C19H25ClN6O2. The van der Waals surface area contributed by atoms with E-state index < -0.39 is 0 Å². The summed E-state index contributed by atoms with van der Waals surface area (Å²) >= 11 is 6.30. The lowest BCUT2D eigenvalue weighted by molar-refractivity contribution is -0.281. The molecule has 1 heterocycles. The Morgan fingerprint density at radius 1 is 1.39 bits per heavy atom. The number of fused-ring (bicyclic) bond motifs is 1. The summed E-state index contributed by atoms with van der Waals surface area (Å²) in [7, 11) is 1.53. The van der Waals surface area contributed by atoms with Gasteiger partial charge >= 0.3 is 0 Å². The van der Waals surface area contributed by atoms with Crippen molar-refractivity contribution in [3.8, 4) is 0 Å². The maximum atomic E-state index is 6.30. The van der Waals surface area contributed by atoms with Gasteiger partial charge in [-0.05, 0) is 43.7 Å². The quantitative estimate of drug-likeness (QED) is 0.318. The minimum absolute atomic E-state index is 0.263. The number of nitrogens with one attached hydrogen (secondary N) is 1. The van der Waals surface area contributed by atoms with Crippen molar-refractivity contribution in [2.75, 3.05) is 13.7 Å². The molecule has 8 nitrogen and oxygen atoms in total. The highest BCUT2D eigenvalue weighted by molar-refractivity contribution is 6.43. The second-order valence-corrected chi connectivity index (χ2v) is 7.11. The van der Waals surface area contributed by atoms with E-state index in [-0.39, 0.29) is 5.03 Å². The summed E-state index contributed by atoms with van der Waals surface area (Å²) in [4.78, 5) is 14.3. The number of rotatable bonds is 7. The minimum atomic E-state index is 0.263. The summed E-state index contributed by atoms with van der Waals surface area (Å²) in [6.07, 6.45) is 5.41. The molecule has 0 spiro atoms. The summed E-state index contributed by atoms with van der Waals surface area (Å²) in [6.45, 7) is 4.66. The molecule has 1 aliphatic carbocycles. The Labute approximate surface area is 169 Å². The average Bonchev–Trinajstić information content (AvgIpc) is 3.15. The summed E-state index contributed by atoms with van der Waals surface area (Å²) < 4.78 is 1.56. The highest BCUT2D eigenvalue weighted by Crippen LogP contribution is 2.25. The van der Waals surface area contributed by atoms with Crippen molar-refractivity contribution in [1.29, 1.82) is 0 Å². The number of para-hydroxylation sites is 1. The standard InChI is InChI=1S/C19H25ClN6O2/c1-13(22-15-9-7-14(8-10-15)12-28-27-2)23-19(16(20)11-21)26-18-6-4-3-5-17(18)24-25-26/h3-6,11,14-15,22H,1,7-10,12,21H2,2H3/b16-11+,23-19?. The first-order chi connectivity index (χ1) is 13.6. The van der Waals surface area contributed by atoms with E-state index in [2.05, 4.69) is 32.1 Å². The predicted molar refractivity (Wildman–Crippen MR) is 109 cm³/mol. The van der Waals surface area contributed by atoms with Crippen molar-refractivity contribution >= 4 is 28.5 Å². The molecule has 0 radical (unpaired) electrons. The van der Waals surface area contributed by atoms with Crippen LogP contribution in [0.25, 0.3) is 11.0 Å². The van der Waals surface area contributed by atoms with Crippen LogP contribution in [-0.2, 0) is 9.78 Å². The van der Waals surface area contributed by atoms with E-state index in [1.165, 1.54) is 13.3 Å². The maximum Gasteiger partial charge on any atom is 0.178 e. The minimum Gasteiger partial charge on any atom is -0.403 e. The molecule has 1 fully saturated rings. The van der Waals surface area contributed by atoms with E-state index >= 15 is 0 Å². The Kier molecular flexibility index (Phi) is 7.02. The number of allylic oxidation sites excluding steroid dienone is 1. The molecule has 0 unspecified atom stereocenters. The molecule has 150 valence electrons. The first kappa shape index (κ1) is 20.3. The summed E-state index contributed by atoms with van der Waals surface area (Å²) in [5, 5.41) is 11.9. The third-order valence-electron chi connectivity index (χ3n) is 4.79. The third kappa shape index (κ3) is 4.89. The predicted octanol–water partition coefficient (Wildman–Crippen LogP) is 2.91. The summed E-state index contributed by atoms with van der Waals surface area (Å²) in [5.74, 6) is 1.39. The third-order valence-corrected chi connectivity index (χ3v) is 5.09. The van der Waals surface area contributed by atoms with E-state index in [0.717, 1.165) is 36.7 Å². The number of aromatic nitrogens is 3. The number of hydrogen-bond donors (Lipinski definition) is 2. The molecule has 1 aliphatic rings. The first-order valence-corrected chi connectivity index (χ1v) is 9.58. The van der Waals surface area contributed by atoms with Crippen LogP contribution in [-0.4, -0.2) is 40.6 Å². The number of aliphatic imine (C=N–C) groups is 1. The summed E-state index contributed by atoms with van der Waals surface area (Å²) in [5.41, 5.74) is 7.16. The van der Waals surface area contributed by atoms with E-state index in [9.17, 15) is 0 Å². The second kappa shape index (κ2) is 9.68. The van der Waals surface area contributed by atoms with Crippen LogP contribution in [0.3, 0.4) is 0 Å². The van der Waals surface area contributed by atoms with Gasteiger partial charge < -0.3 is 11.1 Å². The topological polar surface area (TPSA) is 99.6 Å². The van der Waals surface area contributed by atoms with Crippen molar-refractivity contribution in [3.05, 3.63) is 47.9 Å². The van der Waals surface area contributed by atoms with Crippen LogP contribution in [0.4, 0.5) is 0 Å². The zero-order valence-corrected chi connectivity index (χ0v) is 16.6. The molecule has 1 saturated carbocycles. The van der Waals surface area contributed by atoms with Gasteiger partial charge in [-0.2, -0.15) is 4.68 Å². The SMILES string of the molecule is C=C(N=C(/C(Cl)=C\N)n1nnc2ccccc21)NC1CCC(COOC)CC1. The van der Waals surface area contributed by atoms with Crippen molar-refractivity contribution < 1.29 is 9.78 Å². The number of hydrogen-bond acceptors (Lipinski definition) is 7. The van der Waals surface area contributed by atoms with Gasteiger partial charge in [0.25, 0.3) is 0 Å². The molecule has 3 N–H and O–H groups in total. The number of benzene rings is 1. The number of nitrogens with two attached hydrogens (primary N) is 1. The number of nitrogens with zero attached hydrogens (tertiary/aromatic N) is 4. The van der Waals surface area contributed by atoms with E-state index in [1.54, 1.807) is 4.68 Å². The smallest absolute Gasteiger partial charge is 0.178 e. The molecule has 0 bridgehead atoms. The molecule has 0 aliphatic heterocycles. The van der Waals surface area contributed by atoms with Gasteiger partial charge in [0.15, 0.2) is 5.84 Å². The van der Waals surface area contributed by atoms with Crippen molar-refractivity contribution in [3.63, 3.8) is 0 Å². The zero-order chi connectivity index (χ0) is 19.9. The normalized spacial score (nSPS) is 21.1. The highest BCUT2D eigenvalue weighted by atomic mass is 35.5. The Hall–Kier alpha value is -2.42. The lowest BCUT2D eigenvalue weighted by Crippen LogP contribution is -2.33. The van der Waals surface area contributed by atoms with Gasteiger partial charge in [0, 0.05) is 12.2 Å². The van der Waals surface area contributed by atoms with E-state index in [0.29, 0.717) is 30.2 Å². The Morgan fingerprint density at radius 2 is 2.14 bits per heavy atom. The monoisotopic (exact) mass is 404 g/mol. The van der Waals surface area contributed by atoms with Gasteiger partial charge in [0.1, 0.15) is 16.4 Å². The fraction of sp³-hybridized carbons (Fsp3) is 0.421. The van der Waals surface area contributed by atoms with Crippen molar-refractivity contribution in [2.45, 2.75) is 31.7 Å². The molecule has 9 heteroatoms. The highest BCUT2D eigenvalue weighted by Gasteiger charge is 2.22. The zero-order valence-electron chi connectivity index (χ0n) is 15.8.